The standard InChI is InChI=1S/C30H35N3O2S.C2H6/c1-19(31-36-32(3)4)22-11-13-27-28(17-22)33-18-24(20(2)34)15-23-16-25(35-5)12-14-26(23)30(33)29(27)21-9-7-6-8-10-21;1-2/h11-17,21,31H,1,6-10,18H2,2-5H3;1-2H3. The second kappa shape index (κ2) is 12.3. The van der Waals surface area contributed by atoms with Crippen molar-refractivity contribution in [2.45, 2.75) is 65.3 Å². The van der Waals surface area contributed by atoms with E-state index in [1.807, 2.05) is 38.3 Å². The molecule has 0 atom stereocenters. The minimum atomic E-state index is 0.0994. The maximum Gasteiger partial charge on any atom is 0.157 e. The van der Waals surface area contributed by atoms with Gasteiger partial charge in [-0.05, 0) is 86.8 Å². The van der Waals surface area contributed by atoms with E-state index < -0.39 is 0 Å². The van der Waals surface area contributed by atoms with Crippen molar-refractivity contribution in [2.75, 3.05) is 21.2 Å². The van der Waals surface area contributed by atoms with E-state index in [0.29, 0.717) is 12.5 Å². The van der Waals surface area contributed by atoms with Crippen molar-refractivity contribution >= 4 is 40.6 Å². The SMILES string of the molecule is C=C(NSN(C)C)c1ccc2c(C3CCCCC3)c3n(c2c1)CC(C(C)=O)=Cc1cc(OC)ccc1-3.CC. The van der Waals surface area contributed by atoms with Gasteiger partial charge in [0.15, 0.2) is 5.78 Å². The van der Waals surface area contributed by atoms with Gasteiger partial charge in [0.25, 0.3) is 0 Å². The molecule has 5 rings (SSSR count). The van der Waals surface area contributed by atoms with Crippen LogP contribution in [0.5, 0.6) is 5.75 Å². The molecule has 1 aliphatic heterocycles. The van der Waals surface area contributed by atoms with Crippen LogP contribution in [-0.2, 0) is 11.3 Å². The smallest absolute Gasteiger partial charge is 0.157 e. The summed E-state index contributed by atoms with van der Waals surface area (Å²) >= 11 is 1.51. The van der Waals surface area contributed by atoms with E-state index in [2.05, 4.69) is 52.3 Å². The maximum absolute atomic E-state index is 12.7. The molecule has 2 heterocycles. The summed E-state index contributed by atoms with van der Waals surface area (Å²) in [6.07, 6.45) is 8.32. The number of ketones is 1. The number of fused-ring (bicyclic) bond motifs is 5. The zero-order valence-corrected chi connectivity index (χ0v) is 24.5. The topological polar surface area (TPSA) is 46.5 Å². The molecule has 1 fully saturated rings. The van der Waals surface area contributed by atoms with Crippen molar-refractivity contribution in [3.8, 4) is 17.0 Å². The molecule has 1 aromatic heterocycles. The average molecular weight is 532 g/mol. The van der Waals surface area contributed by atoms with Gasteiger partial charge in [-0.25, -0.2) is 4.31 Å². The number of hydrogen-bond acceptors (Lipinski definition) is 5. The molecule has 2 aliphatic rings. The highest BCUT2D eigenvalue weighted by Gasteiger charge is 2.29. The fourth-order valence-electron chi connectivity index (χ4n) is 5.65. The molecule has 1 aliphatic carbocycles. The van der Waals surface area contributed by atoms with Crippen molar-refractivity contribution in [3.63, 3.8) is 0 Å². The Morgan fingerprint density at radius 2 is 1.84 bits per heavy atom. The Morgan fingerprint density at radius 3 is 2.50 bits per heavy atom. The molecule has 2 aromatic carbocycles. The van der Waals surface area contributed by atoms with Crippen LogP contribution in [0.25, 0.3) is 33.9 Å². The Hall–Kier alpha value is -2.96. The molecule has 202 valence electrons. The van der Waals surface area contributed by atoms with Crippen molar-refractivity contribution in [1.82, 2.24) is 13.6 Å². The van der Waals surface area contributed by atoms with E-state index >= 15 is 0 Å². The highest BCUT2D eigenvalue weighted by atomic mass is 32.2. The third kappa shape index (κ3) is 5.57. The highest BCUT2D eigenvalue weighted by Crippen LogP contribution is 2.47. The van der Waals surface area contributed by atoms with Gasteiger partial charge >= 0.3 is 0 Å². The van der Waals surface area contributed by atoms with Crippen LogP contribution in [0.2, 0.25) is 0 Å². The molecule has 3 aromatic rings. The first-order valence-electron chi connectivity index (χ1n) is 13.7. The predicted molar refractivity (Wildman–Crippen MR) is 163 cm³/mol. The number of Topliss-reactive ketones (excluding diaryl/α,β-unsaturated/α-hetero) is 1. The van der Waals surface area contributed by atoms with Gasteiger partial charge in [0, 0.05) is 39.9 Å². The van der Waals surface area contributed by atoms with E-state index in [9.17, 15) is 4.79 Å². The molecule has 0 saturated heterocycles. The van der Waals surface area contributed by atoms with E-state index in [4.69, 9.17) is 4.74 Å². The predicted octanol–water partition coefficient (Wildman–Crippen LogP) is 8.06. The van der Waals surface area contributed by atoms with Gasteiger partial charge in [0.1, 0.15) is 5.75 Å². The number of benzene rings is 2. The van der Waals surface area contributed by atoms with Crippen molar-refractivity contribution in [1.29, 1.82) is 0 Å². The number of ether oxygens (including phenoxy) is 1. The summed E-state index contributed by atoms with van der Waals surface area (Å²) in [6.45, 7) is 10.5. The fraction of sp³-hybridized carbons (Fsp3) is 0.406. The summed E-state index contributed by atoms with van der Waals surface area (Å²) in [6, 6.07) is 12.9. The van der Waals surface area contributed by atoms with Gasteiger partial charge in [0.05, 0.1) is 19.3 Å². The summed E-state index contributed by atoms with van der Waals surface area (Å²) in [5.74, 6) is 1.42. The first-order chi connectivity index (χ1) is 18.4. The molecule has 1 N–H and O–H groups in total. The van der Waals surface area contributed by atoms with Crippen LogP contribution in [0.1, 0.15) is 75.5 Å². The van der Waals surface area contributed by atoms with Gasteiger partial charge in [-0.1, -0.05) is 51.8 Å². The first kappa shape index (κ1) is 28.1. The van der Waals surface area contributed by atoms with Crippen LogP contribution in [0.4, 0.5) is 0 Å². The van der Waals surface area contributed by atoms with Crippen molar-refractivity contribution < 1.29 is 9.53 Å². The number of methoxy groups -OCH3 is 1. The molecule has 38 heavy (non-hydrogen) atoms. The summed E-state index contributed by atoms with van der Waals surface area (Å²) < 4.78 is 13.3. The van der Waals surface area contributed by atoms with Gasteiger partial charge in [-0.3, -0.25) is 4.79 Å². The van der Waals surface area contributed by atoms with Crippen LogP contribution >= 0.6 is 12.1 Å². The van der Waals surface area contributed by atoms with E-state index in [1.54, 1.807) is 14.0 Å². The minimum Gasteiger partial charge on any atom is -0.497 e. The number of allylic oxidation sites excluding steroid dienone is 1. The van der Waals surface area contributed by atoms with Crippen LogP contribution in [-0.4, -0.2) is 35.9 Å². The second-order valence-corrected chi connectivity index (χ2v) is 11.2. The summed E-state index contributed by atoms with van der Waals surface area (Å²) in [4.78, 5) is 12.7. The lowest BCUT2D eigenvalue weighted by atomic mass is 9.81. The van der Waals surface area contributed by atoms with E-state index in [-0.39, 0.29) is 5.78 Å². The highest BCUT2D eigenvalue weighted by molar-refractivity contribution is 7.95. The first-order valence-corrected chi connectivity index (χ1v) is 14.5. The fourth-order valence-corrected chi connectivity index (χ4v) is 6.06. The van der Waals surface area contributed by atoms with Gasteiger partial charge < -0.3 is 14.0 Å². The van der Waals surface area contributed by atoms with E-state index in [1.165, 1.54) is 66.4 Å². The molecule has 0 spiro atoms. The monoisotopic (exact) mass is 531 g/mol. The summed E-state index contributed by atoms with van der Waals surface area (Å²) in [5, 5.41) is 1.29. The molecular formula is C32H41N3O2S. The number of carbonyl (C=O) groups excluding carboxylic acids is 1. The van der Waals surface area contributed by atoms with Crippen molar-refractivity contribution in [3.05, 3.63) is 65.2 Å². The van der Waals surface area contributed by atoms with Gasteiger partial charge in [-0.15, -0.1) is 0 Å². The number of aromatic nitrogens is 1. The van der Waals surface area contributed by atoms with Crippen LogP contribution in [0.3, 0.4) is 0 Å². The largest absolute Gasteiger partial charge is 0.497 e. The Labute approximate surface area is 232 Å². The van der Waals surface area contributed by atoms with Gasteiger partial charge in [-0.2, -0.15) is 0 Å². The number of rotatable bonds is 7. The second-order valence-electron chi connectivity index (χ2n) is 10.1. The molecule has 6 heteroatoms. The number of hydrogen-bond donors (Lipinski definition) is 1. The normalized spacial score (nSPS) is 15.1. The third-order valence-corrected chi connectivity index (χ3v) is 8.14. The number of nitrogens with zero attached hydrogens (tertiary/aromatic N) is 2. The molecule has 5 nitrogen and oxygen atoms in total. The zero-order chi connectivity index (χ0) is 27.4. The lowest BCUT2D eigenvalue weighted by molar-refractivity contribution is -0.113. The maximum atomic E-state index is 12.7. The van der Waals surface area contributed by atoms with E-state index in [0.717, 1.165) is 33.7 Å². The molecule has 0 radical (unpaired) electrons. The summed E-state index contributed by atoms with van der Waals surface area (Å²) in [7, 11) is 5.69. The Kier molecular flexibility index (Phi) is 9.06. The number of carbonyl (C=O) groups is 1. The molecular weight excluding hydrogens is 490 g/mol. The van der Waals surface area contributed by atoms with Crippen LogP contribution in [0, 0.1) is 0 Å². The molecule has 1 saturated carbocycles. The van der Waals surface area contributed by atoms with Crippen molar-refractivity contribution in [2.24, 2.45) is 0 Å². The van der Waals surface area contributed by atoms with Crippen LogP contribution in [0.15, 0.2) is 48.6 Å². The zero-order valence-electron chi connectivity index (χ0n) is 23.7. The molecule has 0 unspecified atom stereocenters. The molecule has 0 bridgehead atoms. The summed E-state index contributed by atoms with van der Waals surface area (Å²) in [5.41, 5.74) is 8.80. The van der Waals surface area contributed by atoms with Crippen LogP contribution < -0.4 is 9.46 Å². The minimum absolute atomic E-state index is 0.0994. The van der Waals surface area contributed by atoms with Gasteiger partial charge in [0.2, 0.25) is 0 Å². The lowest BCUT2D eigenvalue weighted by Gasteiger charge is -2.24. The lowest BCUT2D eigenvalue weighted by Crippen LogP contribution is -2.11. The quantitative estimate of drug-likeness (QED) is 0.312. The third-order valence-electron chi connectivity index (χ3n) is 7.44. The number of nitrogens with one attached hydrogen (secondary N) is 1. The molecule has 0 amide bonds. The Morgan fingerprint density at radius 1 is 1.11 bits per heavy atom. The average Bonchev–Trinajstić information content (AvgIpc) is 3.15. The Balaban J connectivity index is 0.00000164. The Bertz CT molecular complexity index is 1360.